The lowest BCUT2D eigenvalue weighted by Gasteiger charge is -2.06. The molecule has 0 amide bonds. The highest BCUT2D eigenvalue weighted by Gasteiger charge is 2.05. The first kappa shape index (κ1) is 13.6. The minimum atomic E-state index is 0.688. The Labute approximate surface area is 134 Å². The number of aromatic nitrogens is 4. The molecular formula is C19H16N4. The molecular weight excluding hydrogens is 284 g/mol. The number of fused-ring (bicyclic) bond motifs is 1. The molecule has 0 N–H and O–H groups in total. The van der Waals surface area contributed by atoms with E-state index in [1.54, 1.807) is 18.7 Å². The summed E-state index contributed by atoms with van der Waals surface area (Å²) >= 11 is 0. The van der Waals surface area contributed by atoms with Gasteiger partial charge in [0.1, 0.15) is 0 Å². The molecule has 0 atom stereocenters. The molecule has 0 unspecified atom stereocenters. The molecule has 0 bridgehead atoms. The van der Waals surface area contributed by atoms with E-state index in [4.69, 9.17) is 0 Å². The van der Waals surface area contributed by atoms with Crippen LogP contribution in [0.3, 0.4) is 0 Å². The minimum absolute atomic E-state index is 0.688. The fraction of sp³-hybridized carbons (Fsp3) is 0.105. The number of benzene rings is 2. The molecule has 0 radical (unpaired) electrons. The molecule has 4 nitrogen and oxygen atoms in total. The maximum absolute atomic E-state index is 4.35. The van der Waals surface area contributed by atoms with E-state index in [0.717, 1.165) is 18.6 Å². The van der Waals surface area contributed by atoms with Gasteiger partial charge in [-0.25, -0.2) is 15.0 Å². The van der Waals surface area contributed by atoms with Crippen molar-refractivity contribution in [3.8, 4) is 0 Å². The number of nitrogens with zero attached hydrogens (tertiary/aromatic N) is 4. The van der Waals surface area contributed by atoms with Crippen LogP contribution in [0.25, 0.3) is 11.3 Å². The molecule has 2 aromatic heterocycles. The van der Waals surface area contributed by atoms with Crippen LogP contribution in [0.2, 0.25) is 0 Å². The molecule has 0 fully saturated rings. The van der Waals surface area contributed by atoms with Crippen molar-refractivity contribution in [2.75, 3.05) is 0 Å². The Balaban J connectivity index is 1.52. The molecule has 2 heterocycles. The summed E-state index contributed by atoms with van der Waals surface area (Å²) in [5.74, 6) is 0. The molecule has 0 aliphatic rings. The average molecular weight is 300 g/mol. The summed E-state index contributed by atoms with van der Waals surface area (Å²) in [5.41, 5.74) is 5.38. The molecule has 112 valence electrons. The smallest absolute Gasteiger partial charge is 0.197 e. The van der Waals surface area contributed by atoms with Crippen LogP contribution >= 0.6 is 0 Å². The van der Waals surface area contributed by atoms with Gasteiger partial charge >= 0.3 is 0 Å². The van der Waals surface area contributed by atoms with E-state index in [1.807, 2.05) is 10.6 Å². The van der Waals surface area contributed by atoms with Crippen molar-refractivity contribution >= 4 is 11.3 Å². The molecule has 0 aliphatic heterocycles. The predicted octanol–water partition coefficient (Wildman–Crippen LogP) is 3.47. The van der Waals surface area contributed by atoms with E-state index in [-0.39, 0.29) is 0 Å². The van der Waals surface area contributed by atoms with Gasteiger partial charge in [-0.3, -0.25) is 0 Å². The fourth-order valence-corrected chi connectivity index (χ4v) is 2.70. The third-order valence-corrected chi connectivity index (χ3v) is 3.88. The van der Waals surface area contributed by atoms with E-state index < -0.39 is 0 Å². The maximum atomic E-state index is 4.35. The second-order valence-corrected chi connectivity index (χ2v) is 5.55. The highest BCUT2D eigenvalue weighted by molar-refractivity contribution is 5.64. The molecule has 2 aromatic carbocycles. The first-order chi connectivity index (χ1) is 11.4. The van der Waals surface area contributed by atoms with Crippen LogP contribution in [0.1, 0.15) is 16.7 Å². The lowest BCUT2D eigenvalue weighted by atomic mass is 10.0. The van der Waals surface area contributed by atoms with E-state index in [0.29, 0.717) is 5.65 Å². The summed E-state index contributed by atoms with van der Waals surface area (Å²) in [6.07, 6.45) is 6.12. The molecule has 0 spiro atoms. The van der Waals surface area contributed by atoms with Crippen LogP contribution < -0.4 is 0 Å². The van der Waals surface area contributed by atoms with Gasteiger partial charge in [-0.1, -0.05) is 54.6 Å². The van der Waals surface area contributed by atoms with Crippen molar-refractivity contribution < 1.29 is 0 Å². The lowest BCUT2D eigenvalue weighted by molar-refractivity contribution is 0.813. The van der Waals surface area contributed by atoms with Gasteiger partial charge < -0.3 is 4.57 Å². The highest BCUT2D eigenvalue weighted by atomic mass is 15.1. The summed E-state index contributed by atoms with van der Waals surface area (Å²) in [7, 11) is 0. The SMILES string of the molecule is c1ccc(Cc2ccc(Cn3cnc4nccnc43)cc2)cc1. The van der Waals surface area contributed by atoms with E-state index in [1.165, 1.54) is 16.7 Å². The normalized spacial score (nSPS) is 11.0. The Hall–Kier alpha value is -3.01. The third kappa shape index (κ3) is 2.97. The van der Waals surface area contributed by atoms with Gasteiger partial charge in [0.05, 0.1) is 12.9 Å². The van der Waals surface area contributed by atoms with Gasteiger partial charge in [-0.15, -0.1) is 0 Å². The number of hydrogen-bond donors (Lipinski definition) is 0. The maximum Gasteiger partial charge on any atom is 0.197 e. The Morgan fingerprint density at radius 1 is 0.696 bits per heavy atom. The molecule has 4 rings (SSSR count). The fourth-order valence-electron chi connectivity index (χ4n) is 2.70. The van der Waals surface area contributed by atoms with Crippen molar-refractivity contribution in [1.82, 2.24) is 19.5 Å². The first-order valence-electron chi connectivity index (χ1n) is 7.62. The van der Waals surface area contributed by atoms with Gasteiger partial charge in [0.2, 0.25) is 0 Å². The topological polar surface area (TPSA) is 43.6 Å². The zero-order chi connectivity index (χ0) is 15.5. The highest BCUT2D eigenvalue weighted by Crippen LogP contribution is 2.13. The van der Waals surface area contributed by atoms with Gasteiger partial charge in [0.25, 0.3) is 0 Å². The zero-order valence-electron chi connectivity index (χ0n) is 12.6. The predicted molar refractivity (Wildman–Crippen MR) is 90.1 cm³/mol. The zero-order valence-corrected chi connectivity index (χ0v) is 12.6. The van der Waals surface area contributed by atoms with Crippen LogP contribution in [-0.2, 0) is 13.0 Å². The van der Waals surface area contributed by atoms with Gasteiger partial charge in [-0.2, -0.15) is 0 Å². The molecule has 4 heteroatoms. The van der Waals surface area contributed by atoms with Crippen molar-refractivity contribution in [3.05, 3.63) is 90.0 Å². The number of rotatable bonds is 4. The largest absolute Gasteiger partial charge is 0.309 e. The van der Waals surface area contributed by atoms with Crippen LogP contribution in [0, 0.1) is 0 Å². The van der Waals surface area contributed by atoms with Crippen LogP contribution in [0.5, 0.6) is 0 Å². The summed E-state index contributed by atoms with van der Waals surface area (Å²) in [6.45, 7) is 0.751. The lowest BCUT2D eigenvalue weighted by Crippen LogP contribution is -1.99. The van der Waals surface area contributed by atoms with Crippen molar-refractivity contribution in [2.24, 2.45) is 0 Å². The molecule has 0 saturated carbocycles. The summed E-state index contributed by atoms with van der Waals surface area (Å²) in [4.78, 5) is 12.8. The number of hydrogen-bond acceptors (Lipinski definition) is 3. The van der Waals surface area contributed by atoms with Crippen molar-refractivity contribution in [2.45, 2.75) is 13.0 Å². The summed E-state index contributed by atoms with van der Waals surface area (Å²) in [5, 5.41) is 0. The van der Waals surface area contributed by atoms with Crippen LogP contribution in [0.4, 0.5) is 0 Å². The minimum Gasteiger partial charge on any atom is -0.309 e. The Bertz CT molecular complexity index is 911. The van der Waals surface area contributed by atoms with E-state index in [9.17, 15) is 0 Å². The van der Waals surface area contributed by atoms with Gasteiger partial charge in [0.15, 0.2) is 11.3 Å². The molecule has 0 saturated heterocycles. The summed E-state index contributed by atoms with van der Waals surface area (Å²) < 4.78 is 2.02. The first-order valence-corrected chi connectivity index (χ1v) is 7.62. The van der Waals surface area contributed by atoms with Crippen LogP contribution in [0.15, 0.2) is 73.3 Å². The number of imidazole rings is 1. The van der Waals surface area contributed by atoms with Gasteiger partial charge in [-0.05, 0) is 23.1 Å². The Morgan fingerprint density at radius 2 is 1.39 bits per heavy atom. The Kier molecular flexibility index (Phi) is 3.56. The van der Waals surface area contributed by atoms with Crippen molar-refractivity contribution in [3.63, 3.8) is 0 Å². The summed E-state index contributed by atoms with van der Waals surface area (Å²) in [6, 6.07) is 19.2. The quantitative estimate of drug-likeness (QED) is 0.579. The van der Waals surface area contributed by atoms with Gasteiger partial charge in [0, 0.05) is 12.4 Å². The monoisotopic (exact) mass is 300 g/mol. The van der Waals surface area contributed by atoms with E-state index in [2.05, 4.69) is 63.5 Å². The molecule has 0 aliphatic carbocycles. The molecule has 4 aromatic rings. The Morgan fingerprint density at radius 3 is 2.22 bits per heavy atom. The molecule has 23 heavy (non-hydrogen) atoms. The average Bonchev–Trinajstić information content (AvgIpc) is 3.01. The van der Waals surface area contributed by atoms with E-state index >= 15 is 0 Å². The third-order valence-electron chi connectivity index (χ3n) is 3.88. The van der Waals surface area contributed by atoms with Crippen LogP contribution in [-0.4, -0.2) is 19.5 Å². The van der Waals surface area contributed by atoms with Crippen molar-refractivity contribution in [1.29, 1.82) is 0 Å². The standard InChI is InChI=1S/C19H16N4/c1-2-4-15(5-3-1)12-16-6-8-17(9-7-16)13-23-14-22-18-19(23)21-11-10-20-18/h1-11,14H,12-13H2. The second-order valence-electron chi connectivity index (χ2n) is 5.55. The second kappa shape index (κ2) is 6.01.